The van der Waals surface area contributed by atoms with Crippen LogP contribution in [0.15, 0.2) is 39.5 Å². The molecule has 0 aliphatic rings. The third-order valence-electron chi connectivity index (χ3n) is 2.58. The lowest BCUT2D eigenvalue weighted by Gasteiger charge is -2.15. The lowest BCUT2D eigenvalue weighted by Crippen LogP contribution is -2.05. The van der Waals surface area contributed by atoms with E-state index < -0.39 is 0 Å². The van der Waals surface area contributed by atoms with Gasteiger partial charge >= 0.3 is 0 Å². The van der Waals surface area contributed by atoms with Gasteiger partial charge in [0, 0.05) is 17.8 Å². The molecule has 1 aromatic heterocycles. The van der Waals surface area contributed by atoms with Crippen molar-refractivity contribution in [2.24, 2.45) is 0 Å². The van der Waals surface area contributed by atoms with Crippen LogP contribution in [0.5, 0.6) is 5.75 Å². The first-order valence-corrected chi connectivity index (χ1v) is 7.06. The topological polar surface area (TPSA) is 21.3 Å². The first-order valence-electron chi connectivity index (χ1n) is 5.33. The van der Waals surface area contributed by atoms with Gasteiger partial charge in [-0.05, 0) is 57.4 Å². The van der Waals surface area contributed by atoms with Crippen molar-refractivity contribution >= 4 is 33.0 Å². The summed E-state index contributed by atoms with van der Waals surface area (Å²) in [7, 11) is 1.67. The molecule has 2 nitrogen and oxygen atoms in total. The zero-order valence-electron chi connectivity index (χ0n) is 9.74. The van der Waals surface area contributed by atoms with Crippen LogP contribution in [0, 0.1) is 0 Å². The second-order valence-electron chi connectivity index (χ2n) is 3.77. The fraction of sp³-hybridized carbons (Fsp3) is 0.231. The van der Waals surface area contributed by atoms with E-state index >= 15 is 0 Å². The number of halogens is 1. The van der Waals surface area contributed by atoms with Crippen molar-refractivity contribution in [2.75, 3.05) is 12.4 Å². The molecule has 1 aromatic carbocycles. The van der Waals surface area contributed by atoms with E-state index in [1.165, 1.54) is 5.56 Å². The van der Waals surface area contributed by atoms with Crippen LogP contribution < -0.4 is 10.1 Å². The number of nitrogens with one attached hydrogen (secondary N) is 1. The Morgan fingerprint density at radius 1 is 1.35 bits per heavy atom. The molecule has 0 spiro atoms. The van der Waals surface area contributed by atoms with Crippen LogP contribution in [-0.4, -0.2) is 7.11 Å². The van der Waals surface area contributed by atoms with Crippen molar-refractivity contribution in [3.8, 4) is 5.75 Å². The number of anilines is 1. The second kappa shape index (κ2) is 5.56. The van der Waals surface area contributed by atoms with Gasteiger partial charge in [0.05, 0.1) is 11.6 Å². The highest BCUT2D eigenvalue weighted by Crippen LogP contribution is 2.29. The smallest absolute Gasteiger partial charge is 0.135 e. The Morgan fingerprint density at radius 3 is 2.82 bits per heavy atom. The van der Waals surface area contributed by atoms with Crippen molar-refractivity contribution < 1.29 is 4.74 Å². The summed E-state index contributed by atoms with van der Waals surface area (Å²) in [5.41, 5.74) is 2.36. The third-order valence-corrected chi connectivity index (χ3v) is 3.93. The lowest BCUT2D eigenvalue weighted by molar-refractivity contribution is 0.412. The summed E-state index contributed by atoms with van der Waals surface area (Å²) in [6.45, 7) is 2.15. The number of hydrogen-bond acceptors (Lipinski definition) is 3. The summed E-state index contributed by atoms with van der Waals surface area (Å²) in [6, 6.07) is 8.45. The van der Waals surface area contributed by atoms with E-state index in [0.29, 0.717) is 6.04 Å². The summed E-state index contributed by atoms with van der Waals surface area (Å²) in [6.07, 6.45) is 0. The van der Waals surface area contributed by atoms with Crippen LogP contribution in [0.1, 0.15) is 18.5 Å². The van der Waals surface area contributed by atoms with Gasteiger partial charge in [-0.2, -0.15) is 11.3 Å². The molecule has 1 unspecified atom stereocenters. The van der Waals surface area contributed by atoms with Crippen molar-refractivity contribution in [2.45, 2.75) is 13.0 Å². The minimum Gasteiger partial charge on any atom is -0.495 e. The van der Waals surface area contributed by atoms with Gasteiger partial charge in [0.1, 0.15) is 5.75 Å². The molecule has 2 aromatic rings. The molecule has 4 heteroatoms. The molecule has 0 saturated carbocycles. The number of benzene rings is 1. The maximum atomic E-state index is 5.27. The van der Waals surface area contributed by atoms with E-state index in [1.54, 1.807) is 18.4 Å². The summed E-state index contributed by atoms with van der Waals surface area (Å²) in [4.78, 5) is 0. The van der Waals surface area contributed by atoms with E-state index in [1.807, 2.05) is 18.2 Å². The Kier molecular flexibility index (Phi) is 4.07. The summed E-state index contributed by atoms with van der Waals surface area (Å²) >= 11 is 5.16. The predicted molar refractivity (Wildman–Crippen MR) is 77.1 cm³/mol. The van der Waals surface area contributed by atoms with Crippen LogP contribution in [0.25, 0.3) is 0 Å². The summed E-state index contributed by atoms with van der Waals surface area (Å²) < 4.78 is 6.24. The quantitative estimate of drug-likeness (QED) is 0.884. The van der Waals surface area contributed by atoms with Gasteiger partial charge in [-0.1, -0.05) is 0 Å². The highest BCUT2D eigenvalue weighted by molar-refractivity contribution is 9.10. The van der Waals surface area contributed by atoms with Gasteiger partial charge in [-0.15, -0.1) is 0 Å². The summed E-state index contributed by atoms with van der Waals surface area (Å²) in [5.74, 6) is 0.840. The van der Waals surface area contributed by atoms with E-state index in [9.17, 15) is 0 Å². The average molecular weight is 312 g/mol. The van der Waals surface area contributed by atoms with Gasteiger partial charge in [0.15, 0.2) is 0 Å². The zero-order valence-corrected chi connectivity index (χ0v) is 12.1. The highest BCUT2D eigenvalue weighted by atomic mass is 79.9. The van der Waals surface area contributed by atoms with Crippen LogP contribution in [-0.2, 0) is 0 Å². The molecule has 1 heterocycles. The number of rotatable bonds is 4. The Hall–Kier alpha value is -1.00. The van der Waals surface area contributed by atoms with Crippen molar-refractivity contribution in [1.29, 1.82) is 0 Å². The van der Waals surface area contributed by atoms with Gasteiger partial charge in [0.25, 0.3) is 0 Å². The summed E-state index contributed by atoms with van der Waals surface area (Å²) in [5, 5.41) is 7.71. The molecule has 17 heavy (non-hydrogen) atoms. The maximum absolute atomic E-state index is 5.27. The van der Waals surface area contributed by atoms with E-state index in [4.69, 9.17) is 4.74 Å². The van der Waals surface area contributed by atoms with Crippen LogP contribution >= 0.6 is 27.3 Å². The van der Waals surface area contributed by atoms with Gasteiger partial charge in [0.2, 0.25) is 0 Å². The Morgan fingerprint density at radius 2 is 2.18 bits per heavy atom. The van der Waals surface area contributed by atoms with Crippen LogP contribution in [0.4, 0.5) is 5.69 Å². The number of ether oxygens (including phenoxy) is 1. The third kappa shape index (κ3) is 3.01. The Balaban J connectivity index is 2.13. The molecule has 0 aliphatic heterocycles. The van der Waals surface area contributed by atoms with Crippen molar-refractivity contribution in [3.05, 3.63) is 45.1 Å². The Labute approximate surface area is 114 Å². The molecule has 0 radical (unpaired) electrons. The predicted octanol–water partition coefficient (Wildman–Crippen LogP) is 4.69. The Bertz CT molecular complexity index is 484. The molecule has 90 valence electrons. The number of methoxy groups -OCH3 is 1. The minimum atomic E-state index is 0.298. The van der Waals surface area contributed by atoms with Crippen LogP contribution in [0.3, 0.4) is 0 Å². The lowest BCUT2D eigenvalue weighted by atomic mass is 10.1. The molecule has 0 bridgehead atoms. The standard InChI is InChI=1S/C13H14BrNOS/c1-9(10-5-6-17-8-10)15-11-3-4-12(14)13(7-11)16-2/h3-9,15H,1-2H3. The molecular formula is C13H14BrNOS. The van der Waals surface area contributed by atoms with Crippen molar-refractivity contribution in [1.82, 2.24) is 0 Å². The van der Waals surface area contributed by atoms with E-state index in [0.717, 1.165) is 15.9 Å². The second-order valence-corrected chi connectivity index (χ2v) is 5.41. The fourth-order valence-corrected chi connectivity index (χ4v) is 2.77. The number of thiophene rings is 1. The van der Waals surface area contributed by atoms with E-state index in [2.05, 4.69) is 45.0 Å². The van der Waals surface area contributed by atoms with Crippen molar-refractivity contribution in [3.63, 3.8) is 0 Å². The largest absolute Gasteiger partial charge is 0.495 e. The average Bonchev–Trinajstić information content (AvgIpc) is 2.85. The molecule has 1 N–H and O–H groups in total. The zero-order chi connectivity index (χ0) is 12.3. The number of hydrogen-bond donors (Lipinski definition) is 1. The molecule has 2 rings (SSSR count). The van der Waals surface area contributed by atoms with Gasteiger partial charge < -0.3 is 10.1 Å². The van der Waals surface area contributed by atoms with E-state index in [-0.39, 0.29) is 0 Å². The monoisotopic (exact) mass is 311 g/mol. The molecular weight excluding hydrogens is 298 g/mol. The molecule has 0 aliphatic carbocycles. The minimum absolute atomic E-state index is 0.298. The van der Waals surface area contributed by atoms with Gasteiger partial charge in [-0.3, -0.25) is 0 Å². The van der Waals surface area contributed by atoms with Gasteiger partial charge in [-0.25, -0.2) is 0 Å². The first-order chi connectivity index (χ1) is 8.20. The fourth-order valence-electron chi connectivity index (χ4n) is 1.60. The maximum Gasteiger partial charge on any atom is 0.135 e. The van der Waals surface area contributed by atoms with Crippen LogP contribution in [0.2, 0.25) is 0 Å². The molecule has 1 atom stereocenters. The molecule has 0 saturated heterocycles. The highest BCUT2D eigenvalue weighted by Gasteiger charge is 2.07. The molecule has 0 fully saturated rings. The first kappa shape index (κ1) is 12.5. The SMILES string of the molecule is COc1cc(NC(C)c2ccsc2)ccc1Br. The normalized spacial score (nSPS) is 12.2. The molecule has 0 amide bonds.